The maximum Gasteiger partial charge on any atom is 0.408 e. The van der Waals surface area contributed by atoms with Crippen LogP contribution in [-0.4, -0.2) is 75.8 Å². The van der Waals surface area contributed by atoms with Gasteiger partial charge >= 0.3 is 6.09 Å². The smallest absolute Gasteiger partial charge is 0.408 e. The minimum absolute atomic E-state index is 0.0881. The van der Waals surface area contributed by atoms with Gasteiger partial charge in [0, 0.05) is 37.7 Å². The SMILES string of the molecule is C=C(C)CC(CC(O)[C@H](CC1CCCCC1)NC(=O)[C@H](Cc1cnc[nH]1)NC(=O)[C@H](Cc1ccccc1)NC(=O)OC(C)(C)C)C(=O)NC. The van der Waals surface area contributed by atoms with Crippen LogP contribution in [-0.2, 0) is 32.0 Å². The maximum absolute atomic E-state index is 14.1. The van der Waals surface area contributed by atoms with Crippen molar-refractivity contribution in [2.45, 2.75) is 122 Å². The van der Waals surface area contributed by atoms with Crippen LogP contribution in [0.1, 0.15) is 90.3 Å². The van der Waals surface area contributed by atoms with Crippen LogP contribution in [0.4, 0.5) is 4.79 Å². The van der Waals surface area contributed by atoms with Gasteiger partial charge in [0.2, 0.25) is 17.7 Å². The monoisotopic (exact) mass is 680 g/mol. The van der Waals surface area contributed by atoms with Crippen LogP contribution in [0.2, 0.25) is 0 Å². The van der Waals surface area contributed by atoms with Crippen molar-refractivity contribution in [3.05, 3.63) is 66.3 Å². The number of hydrogen-bond donors (Lipinski definition) is 6. The Morgan fingerprint density at radius 3 is 2.22 bits per heavy atom. The highest BCUT2D eigenvalue weighted by Gasteiger charge is 2.34. The Hall–Kier alpha value is -4.19. The Balaban J connectivity index is 1.86. The van der Waals surface area contributed by atoms with Gasteiger partial charge < -0.3 is 36.1 Å². The minimum atomic E-state index is -1.07. The van der Waals surface area contributed by atoms with Gasteiger partial charge in [-0.3, -0.25) is 14.4 Å². The van der Waals surface area contributed by atoms with E-state index in [1.807, 2.05) is 37.3 Å². The number of nitrogens with zero attached hydrogens (tertiary/aromatic N) is 1. The number of aliphatic hydroxyl groups is 1. The summed E-state index contributed by atoms with van der Waals surface area (Å²) >= 11 is 0. The van der Waals surface area contributed by atoms with Gasteiger partial charge in [-0.25, -0.2) is 9.78 Å². The number of ether oxygens (including phenoxy) is 1. The fourth-order valence-electron chi connectivity index (χ4n) is 6.35. The van der Waals surface area contributed by atoms with E-state index in [-0.39, 0.29) is 25.2 Å². The summed E-state index contributed by atoms with van der Waals surface area (Å²) in [6.07, 6.45) is 7.96. The molecule has 12 heteroatoms. The fourth-order valence-corrected chi connectivity index (χ4v) is 6.35. The number of nitrogens with one attached hydrogen (secondary N) is 5. The van der Waals surface area contributed by atoms with Gasteiger partial charge in [-0.1, -0.05) is 68.0 Å². The standard InChI is InChI=1S/C37H56N6O6/c1-24(2)17-27(33(45)38-6)20-32(44)29(18-25-13-9-7-10-14-25)41-35(47)31(21-28-22-39-23-40-28)42-34(46)30(19-26-15-11-8-12-16-26)43-36(48)49-37(3,4)5/h8,11-12,15-16,22-23,25,27,29-32,44H,1,7,9-10,13-14,17-21H2,2-6H3,(H,38,45)(H,39,40)(H,41,47)(H,42,46)(H,43,48)/t27?,29-,30-,31-,32?/m0/s1. The molecule has 1 heterocycles. The number of imidazole rings is 1. The molecule has 2 aromatic rings. The molecule has 2 unspecified atom stereocenters. The van der Waals surface area contributed by atoms with Crippen molar-refractivity contribution in [2.24, 2.45) is 11.8 Å². The summed E-state index contributed by atoms with van der Waals surface area (Å²) in [7, 11) is 1.56. The van der Waals surface area contributed by atoms with Crippen molar-refractivity contribution in [3.8, 4) is 0 Å². The average molecular weight is 681 g/mol. The number of aliphatic hydroxyl groups excluding tert-OH is 1. The quantitative estimate of drug-likeness (QED) is 0.136. The molecule has 3 rings (SSSR count). The molecule has 1 aromatic carbocycles. The number of aromatic amines is 1. The van der Waals surface area contributed by atoms with Crippen LogP contribution in [0.3, 0.4) is 0 Å². The second-order valence-corrected chi connectivity index (χ2v) is 14.4. The molecule has 1 aliphatic carbocycles. The molecular weight excluding hydrogens is 624 g/mol. The summed E-state index contributed by atoms with van der Waals surface area (Å²) in [5, 5.41) is 22.9. The molecule has 0 spiro atoms. The van der Waals surface area contributed by atoms with E-state index in [2.05, 4.69) is 37.8 Å². The van der Waals surface area contributed by atoms with E-state index in [4.69, 9.17) is 4.74 Å². The largest absolute Gasteiger partial charge is 0.444 e. The van der Waals surface area contributed by atoms with Crippen LogP contribution in [0.25, 0.3) is 0 Å². The van der Waals surface area contributed by atoms with E-state index in [0.29, 0.717) is 24.5 Å². The Kier molecular flexibility index (Phi) is 15.3. The van der Waals surface area contributed by atoms with Gasteiger partial charge in [0.05, 0.1) is 18.5 Å². The van der Waals surface area contributed by atoms with Crippen LogP contribution >= 0.6 is 0 Å². The number of benzene rings is 1. The molecule has 6 N–H and O–H groups in total. The molecule has 270 valence electrons. The van der Waals surface area contributed by atoms with Crippen molar-refractivity contribution in [3.63, 3.8) is 0 Å². The Morgan fingerprint density at radius 1 is 0.980 bits per heavy atom. The lowest BCUT2D eigenvalue weighted by atomic mass is 9.82. The summed E-state index contributed by atoms with van der Waals surface area (Å²) in [6.45, 7) is 11.0. The summed E-state index contributed by atoms with van der Waals surface area (Å²) in [4.78, 5) is 60.6. The zero-order valence-electron chi connectivity index (χ0n) is 29.7. The molecule has 0 aliphatic heterocycles. The van der Waals surface area contributed by atoms with Crippen LogP contribution in [0.15, 0.2) is 55.0 Å². The normalized spacial score (nSPS) is 16.7. The Morgan fingerprint density at radius 2 is 1.63 bits per heavy atom. The van der Waals surface area contributed by atoms with E-state index in [0.717, 1.165) is 43.2 Å². The van der Waals surface area contributed by atoms with Crippen LogP contribution < -0.4 is 21.3 Å². The minimum Gasteiger partial charge on any atom is -0.444 e. The lowest BCUT2D eigenvalue weighted by Crippen LogP contribution is -2.58. The van der Waals surface area contributed by atoms with Gasteiger partial charge in [0.25, 0.3) is 0 Å². The van der Waals surface area contributed by atoms with Gasteiger partial charge in [0.1, 0.15) is 17.7 Å². The second kappa shape index (κ2) is 19.1. The van der Waals surface area contributed by atoms with Crippen molar-refractivity contribution in [1.82, 2.24) is 31.2 Å². The molecule has 1 aliphatic rings. The predicted octanol–water partition coefficient (Wildman–Crippen LogP) is 4.11. The van der Waals surface area contributed by atoms with Gasteiger partial charge in [-0.15, -0.1) is 6.58 Å². The summed E-state index contributed by atoms with van der Waals surface area (Å²) in [5.41, 5.74) is 1.46. The number of allylic oxidation sites excluding steroid dienone is 1. The van der Waals surface area contributed by atoms with Gasteiger partial charge in [-0.05, 0) is 58.4 Å². The molecule has 0 radical (unpaired) electrons. The third-order valence-corrected chi connectivity index (χ3v) is 8.74. The second-order valence-electron chi connectivity index (χ2n) is 14.4. The molecule has 0 bridgehead atoms. The Labute approximate surface area is 290 Å². The van der Waals surface area contributed by atoms with E-state index in [9.17, 15) is 24.3 Å². The molecule has 0 saturated heterocycles. The van der Waals surface area contributed by atoms with E-state index in [1.54, 1.807) is 34.0 Å². The number of rotatable bonds is 17. The molecule has 1 saturated carbocycles. The number of carbonyl (C=O) groups is 4. The number of carbonyl (C=O) groups excluding carboxylic acids is 4. The number of aromatic nitrogens is 2. The van der Waals surface area contributed by atoms with Crippen molar-refractivity contribution in [1.29, 1.82) is 0 Å². The molecule has 1 aromatic heterocycles. The number of amides is 4. The molecule has 5 atom stereocenters. The molecule has 4 amide bonds. The Bertz CT molecular complexity index is 1350. The summed E-state index contributed by atoms with van der Waals surface area (Å²) < 4.78 is 5.44. The third-order valence-electron chi connectivity index (χ3n) is 8.74. The molecule has 1 fully saturated rings. The highest BCUT2D eigenvalue weighted by Crippen LogP contribution is 2.29. The third kappa shape index (κ3) is 14.1. The van der Waals surface area contributed by atoms with Gasteiger partial charge in [0.15, 0.2) is 0 Å². The number of hydrogen-bond acceptors (Lipinski definition) is 7. The molecule has 49 heavy (non-hydrogen) atoms. The number of H-pyrrole nitrogens is 1. The van der Waals surface area contributed by atoms with Gasteiger partial charge in [-0.2, -0.15) is 0 Å². The maximum atomic E-state index is 14.1. The first-order valence-electron chi connectivity index (χ1n) is 17.4. The van der Waals surface area contributed by atoms with Crippen molar-refractivity contribution >= 4 is 23.8 Å². The highest BCUT2D eigenvalue weighted by molar-refractivity contribution is 5.91. The first-order chi connectivity index (χ1) is 23.2. The lowest BCUT2D eigenvalue weighted by molar-refractivity contribution is -0.131. The first-order valence-corrected chi connectivity index (χ1v) is 17.4. The first kappa shape index (κ1) is 39.3. The average Bonchev–Trinajstić information content (AvgIpc) is 3.56. The topological polar surface area (TPSA) is 175 Å². The zero-order chi connectivity index (χ0) is 36.0. The van der Waals surface area contributed by atoms with Crippen LogP contribution in [0, 0.1) is 11.8 Å². The van der Waals surface area contributed by atoms with Crippen molar-refractivity contribution in [2.75, 3.05) is 7.05 Å². The van der Waals surface area contributed by atoms with Crippen molar-refractivity contribution < 1.29 is 29.0 Å². The van der Waals surface area contributed by atoms with E-state index >= 15 is 0 Å². The predicted molar refractivity (Wildman–Crippen MR) is 188 cm³/mol. The molecular formula is C37H56N6O6. The highest BCUT2D eigenvalue weighted by atomic mass is 16.6. The zero-order valence-corrected chi connectivity index (χ0v) is 29.7. The van der Waals surface area contributed by atoms with Crippen LogP contribution in [0.5, 0.6) is 0 Å². The lowest BCUT2D eigenvalue weighted by Gasteiger charge is -2.33. The van der Waals surface area contributed by atoms with E-state index in [1.165, 1.54) is 6.33 Å². The summed E-state index contributed by atoms with van der Waals surface area (Å²) in [6, 6.07) is 6.47. The fraction of sp³-hybridized carbons (Fsp3) is 0.595. The molecule has 12 nitrogen and oxygen atoms in total. The summed E-state index contributed by atoms with van der Waals surface area (Å²) in [5.74, 6) is -1.46. The number of alkyl carbamates (subject to hydrolysis) is 1. The van der Waals surface area contributed by atoms with E-state index < -0.39 is 53.7 Å².